The summed E-state index contributed by atoms with van der Waals surface area (Å²) in [6.45, 7) is 0. The van der Waals surface area contributed by atoms with E-state index in [1.165, 1.54) is 0 Å². The van der Waals surface area contributed by atoms with Gasteiger partial charge in [0.15, 0.2) is 5.82 Å². The van der Waals surface area contributed by atoms with Gasteiger partial charge in [-0.1, -0.05) is 30.1 Å². The summed E-state index contributed by atoms with van der Waals surface area (Å²) in [7, 11) is 1.62. The fourth-order valence-electron chi connectivity index (χ4n) is 2.59. The molecule has 3 rings (SSSR count). The van der Waals surface area contributed by atoms with E-state index >= 15 is 0 Å². The first kappa shape index (κ1) is 12.2. The third kappa shape index (κ3) is 2.10. The molecular formula is C14H17N3O2. The number of rotatable bonds is 3. The number of aromatic nitrogens is 2. The Morgan fingerprint density at radius 3 is 2.74 bits per heavy atom. The van der Waals surface area contributed by atoms with Crippen molar-refractivity contribution in [3.63, 3.8) is 0 Å². The first-order chi connectivity index (χ1) is 9.23. The molecule has 1 heterocycles. The summed E-state index contributed by atoms with van der Waals surface area (Å²) in [5.41, 5.74) is 6.70. The summed E-state index contributed by atoms with van der Waals surface area (Å²) in [5, 5.41) is 4.06. The second-order valence-corrected chi connectivity index (χ2v) is 4.99. The fourth-order valence-corrected chi connectivity index (χ4v) is 2.59. The van der Waals surface area contributed by atoms with Gasteiger partial charge in [-0.25, -0.2) is 0 Å². The van der Waals surface area contributed by atoms with Crippen LogP contribution in [0.25, 0.3) is 11.5 Å². The average Bonchev–Trinajstić information content (AvgIpc) is 3.08. The van der Waals surface area contributed by atoms with E-state index in [0.717, 1.165) is 37.0 Å². The molecule has 2 N–H and O–H groups in total. The Balaban J connectivity index is 1.97. The van der Waals surface area contributed by atoms with E-state index in [9.17, 15) is 0 Å². The summed E-state index contributed by atoms with van der Waals surface area (Å²) in [4.78, 5) is 4.46. The molecule has 2 aromatic rings. The quantitative estimate of drug-likeness (QED) is 0.916. The van der Waals surface area contributed by atoms with Crippen LogP contribution in [-0.2, 0) is 5.54 Å². The van der Waals surface area contributed by atoms with E-state index in [-0.39, 0.29) is 0 Å². The highest BCUT2D eigenvalue weighted by atomic mass is 16.5. The van der Waals surface area contributed by atoms with Crippen LogP contribution in [0.15, 0.2) is 28.8 Å². The monoisotopic (exact) mass is 259 g/mol. The molecular weight excluding hydrogens is 242 g/mol. The van der Waals surface area contributed by atoms with Gasteiger partial charge in [-0.3, -0.25) is 0 Å². The molecule has 0 unspecified atom stereocenters. The van der Waals surface area contributed by atoms with Crippen LogP contribution >= 0.6 is 0 Å². The fraction of sp³-hybridized carbons (Fsp3) is 0.429. The Bertz CT molecular complexity index is 574. The Labute approximate surface area is 111 Å². The van der Waals surface area contributed by atoms with E-state index < -0.39 is 5.54 Å². The van der Waals surface area contributed by atoms with Crippen LogP contribution in [0.2, 0.25) is 0 Å². The van der Waals surface area contributed by atoms with Crippen molar-refractivity contribution < 1.29 is 9.26 Å². The molecule has 1 fully saturated rings. The molecule has 19 heavy (non-hydrogen) atoms. The zero-order chi connectivity index (χ0) is 13.3. The van der Waals surface area contributed by atoms with E-state index in [4.69, 9.17) is 15.0 Å². The number of benzene rings is 1. The third-order valence-corrected chi connectivity index (χ3v) is 3.70. The highest BCUT2D eigenvalue weighted by Gasteiger charge is 2.36. The first-order valence-electron chi connectivity index (χ1n) is 6.49. The largest absolute Gasteiger partial charge is 0.496 e. The van der Waals surface area contributed by atoms with E-state index in [1.54, 1.807) is 7.11 Å². The van der Waals surface area contributed by atoms with Gasteiger partial charge in [0, 0.05) is 0 Å². The van der Waals surface area contributed by atoms with Gasteiger partial charge < -0.3 is 15.0 Å². The normalized spacial score (nSPS) is 17.6. The van der Waals surface area contributed by atoms with Crippen molar-refractivity contribution in [3.05, 3.63) is 30.1 Å². The van der Waals surface area contributed by atoms with Crippen LogP contribution in [-0.4, -0.2) is 17.3 Å². The van der Waals surface area contributed by atoms with Gasteiger partial charge in [0.2, 0.25) is 0 Å². The van der Waals surface area contributed by atoms with Gasteiger partial charge in [0.05, 0.1) is 18.2 Å². The minimum absolute atomic E-state index is 0.427. The summed E-state index contributed by atoms with van der Waals surface area (Å²) in [6.07, 6.45) is 4.07. The molecule has 5 nitrogen and oxygen atoms in total. The smallest absolute Gasteiger partial charge is 0.261 e. The van der Waals surface area contributed by atoms with Gasteiger partial charge >= 0.3 is 0 Å². The van der Waals surface area contributed by atoms with Crippen molar-refractivity contribution in [2.45, 2.75) is 31.2 Å². The van der Waals surface area contributed by atoms with Gasteiger partial charge in [-0.15, -0.1) is 0 Å². The molecule has 100 valence electrons. The van der Waals surface area contributed by atoms with Crippen molar-refractivity contribution in [1.82, 2.24) is 10.1 Å². The first-order valence-corrected chi connectivity index (χ1v) is 6.49. The number of nitrogens with two attached hydrogens (primary N) is 1. The molecule has 0 amide bonds. The standard InChI is InChI=1S/C14H17N3O2/c1-18-11-7-3-2-6-10(11)12-16-13(17-19-12)14(15)8-4-5-9-14/h2-3,6-7H,4-5,8-9,15H2,1H3. The number of ether oxygens (including phenoxy) is 1. The summed E-state index contributed by atoms with van der Waals surface area (Å²) in [5.74, 6) is 1.78. The van der Waals surface area contributed by atoms with Gasteiger partial charge in [-0.2, -0.15) is 4.98 Å². The Morgan fingerprint density at radius 1 is 1.26 bits per heavy atom. The van der Waals surface area contributed by atoms with Crippen LogP contribution in [0.1, 0.15) is 31.5 Å². The molecule has 1 saturated carbocycles. The van der Waals surface area contributed by atoms with Gasteiger partial charge in [0.25, 0.3) is 5.89 Å². The number of para-hydroxylation sites is 1. The second-order valence-electron chi connectivity index (χ2n) is 4.99. The molecule has 0 spiro atoms. The van der Waals surface area contributed by atoms with Crippen molar-refractivity contribution in [2.24, 2.45) is 5.73 Å². The zero-order valence-electron chi connectivity index (χ0n) is 10.9. The minimum Gasteiger partial charge on any atom is -0.496 e. The lowest BCUT2D eigenvalue weighted by molar-refractivity contribution is 0.370. The van der Waals surface area contributed by atoms with Crippen molar-refractivity contribution in [3.8, 4) is 17.2 Å². The van der Waals surface area contributed by atoms with Crippen LogP contribution in [0.5, 0.6) is 5.75 Å². The third-order valence-electron chi connectivity index (χ3n) is 3.70. The average molecular weight is 259 g/mol. The SMILES string of the molecule is COc1ccccc1-c1nc(C2(N)CCCC2)no1. The molecule has 0 bridgehead atoms. The number of hydrogen-bond acceptors (Lipinski definition) is 5. The highest BCUT2D eigenvalue weighted by Crippen LogP contribution is 2.36. The van der Waals surface area contributed by atoms with Gasteiger partial charge in [-0.05, 0) is 25.0 Å². The van der Waals surface area contributed by atoms with Crippen LogP contribution < -0.4 is 10.5 Å². The zero-order valence-corrected chi connectivity index (χ0v) is 10.9. The van der Waals surface area contributed by atoms with Crippen LogP contribution in [0.4, 0.5) is 0 Å². The van der Waals surface area contributed by atoms with Crippen molar-refractivity contribution in [1.29, 1.82) is 0 Å². The van der Waals surface area contributed by atoms with E-state index in [1.807, 2.05) is 24.3 Å². The van der Waals surface area contributed by atoms with E-state index in [2.05, 4.69) is 10.1 Å². The summed E-state index contributed by atoms with van der Waals surface area (Å²) in [6, 6.07) is 7.58. The Kier molecular flexibility index (Phi) is 2.98. The molecule has 1 aliphatic rings. The molecule has 1 aliphatic carbocycles. The Hall–Kier alpha value is -1.88. The van der Waals surface area contributed by atoms with Crippen molar-refractivity contribution in [2.75, 3.05) is 7.11 Å². The molecule has 1 aromatic carbocycles. The maximum absolute atomic E-state index is 6.33. The predicted octanol–water partition coefficient (Wildman–Crippen LogP) is 2.47. The van der Waals surface area contributed by atoms with Gasteiger partial charge in [0.1, 0.15) is 5.75 Å². The molecule has 0 aliphatic heterocycles. The predicted molar refractivity (Wildman–Crippen MR) is 70.6 cm³/mol. The summed E-state index contributed by atoms with van der Waals surface area (Å²) < 4.78 is 10.7. The van der Waals surface area contributed by atoms with Crippen LogP contribution in [0.3, 0.4) is 0 Å². The lowest BCUT2D eigenvalue weighted by Gasteiger charge is -2.17. The lowest BCUT2D eigenvalue weighted by atomic mass is 9.99. The minimum atomic E-state index is -0.427. The molecule has 0 atom stereocenters. The lowest BCUT2D eigenvalue weighted by Crippen LogP contribution is -2.34. The molecule has 0 saturated heterocycles. The van der Waals surface area contributed by atoms with Crippen LogP contribution in [0, 0.1) is 0 Å². The molecule has 1 aromatic heterocycles. The molecule has 0 radical (unpaired) electrons. The number of nitrogens with zero attached hydrogens (tertiary/aromatic N) is 2. The summed E-state index contributed by atoms with van der Waals surface area (Å²) >= 11 is 0. The van der Waals surface area contributed by atoms with E-state index in [0.29, 0.717) is 11.7 Å². The maximum atomic E-state index is 6.33. The maximum Gasteiger partial charge on any atom is 0.261 e. The number of methoxy groups -OCH3 is 1. The topological polar surface area (TPSA) is 74.2 Å². The van der Waals surface area contributed by atoms with Crippen molar-refractivity contribution >= 4 is 0 Å². The number of hydrogen-bond donors (Lipinski definition) is 1. The highest BCUT2D eigenvalue weighted by molar-refractivity contribution is 5.62. The Morgan fingerprint density at radius 2 is 2.00 bits per heavy atom. The molecule has 5 heteroatoms. The second kappa shape index (κ2) is 4.66.